The number of terminal acetylenes is 1. The summed E-state index contributed by atoms with van der Waals surface area (Å²) in [6, 6.07) is 0.703. The maximum atomic E-state index is 11.7. The van der Waals surface area contributed by atoms with Crippen LogP contribution in [0.25, 0.3) is 0 Å². The third-order valence-corrected chi connectivity index (χ3v) is 3.20. The second-order valence-corrected chi connectivity index (χ2v) is 6.15. The summed E-state index contributed by atoms with van der Waals surface area (Å²) in [5.41, 5.74) is -0.447. The minimum Gasteiger partial charge on any atom is -0.444 e. The van der Waals surface area contributed by atoms with E-state index < -0.39 is 5.60 Å². The Morgan fingerprint density at radius 2 is 2.05 bits per heavy atom. The molecule has 4 nitrogen and oxygen atoms in total. The highest BCUT2D eigenvalue weighted by Gasteiger charge is 2.28. The van der Waals surface area contributed by atoms with Gasteiger partial charge in [0.1, 0.15) is 5.60 Å². The minimum atomic E-state index is -0.447. The Morgan fingerprint density at radius 3 is 2.58 bits per heavy atom. The molecule has 0 heterocycles. The summed E-state index contributed by atoms with van der Waals surface area (Å²) >= 11 is 0. The number of carbonyl (C=O) groups excluding carboxylic acids is 1. The van der Waals surface area contributed by atoms with Crippen LogP contribution in [-0.2, 0) is 4.74 Å². The van der Waals surface area contributed by atoms with Gasteiger partial charge in [-0.1, -0.05) is 12.8 Å². The number of carbonyl (C=O) groups is 1. The molecule has 1 saturated carbocycles. The quantitative estimate of drug-likeness (QED) is 0.768. The second-order valence-electron chi connectivity index (χ2n) is 6.15. The van der Waals surface area contributed by atoms with E-state index in [1.807, 2.05) is 20.8 Å². The summed E-state index contributed by atoms with van der Waals surface area (Å²) < 4.78 is 5.26. The molecule has 0 saturated heterocycles. The predicted octanol–water partition coefficient (Wildman–Crippen LogP) is 2.43. The van der Waals surface area contributed by atoms with Gasteiger partial charge in [0.05, 0.1) is 6.04 Å². The van der Waals surface area contributed by atoms with Crippen molar-refractivity contribution in [3.63, 3.8) is 0 Å². The Morgan fingerprint density at radius 1 is 1.42 bits per heavy atom. The van der Waals surface area contributed by atoms with Gasteiger partial charge in [0.15, 0.2) is 0 Å². The van der Waals surface area contributed by atoms with Crippen LogP contribution < -0.4 is 10.6 Å². The zero-order valence-corrected chi connectivity index (χ0v) is 12.5. The Labute approximate surface area is 116 Å². The smallest absolute Gasteiger partial charge is 0.407 e. The van der Waals surface area contributed by atoms with Crippen molar-refractivity contribution in [3.8, 4) is 12.3 Å². The third-order valence-electron chi connectivity index (χ3n) is 3.20. The molecule has 19 heavy (non-hydrogen) atoms. The van der Waals surface area contributed by atoms with E-state index in [1.54, 1.807) is 0 Å². The van der Waals surface area contributed by atoms with Crippen LogP contribution in [0.5, 0.6) is 0 Å². The molecule has 0 spiro atoms. The van der Waals surface area contributed by atoms with Crippen LogP contribution in [0.3, 0.4) is 0 Å². The van der Waals surface area contributed by atoms with Crippen molar-refractivity contribution >= 4 is 6.09 Å². The summed E-state index contributed by atoms with van der Waals surface area (Å²) in [7, 11) is 0. The molecule has 3 atom stereocenters. The van der Waals surface area contributed by atoms with Gasteiger partial charge in [-0.05, 0) is 46.5 Å². The monoisotopic (exact) mass is 266 g/mol. The Bertz CT molecular complexity index is 341. The lowest BCUT2D eigenvalue weighted by molar-refractivity contribution is 0.0505. The summed E-state index contributed by atoms with van der Waals surface area (Å²) in [6.45, 7) is 7.67. The molecule has 0 aromatic rings. The fourth-order valence-electron chi connectivity index (χ4n) is 2.31. The maximum absolute atomic E-state index is 11.7. The normalized spacial score (nSPS) is 24.6. The average molecular weight is 266 g/mol. The number of hydrogen-bond donors (Lipinski definition) is 2. The van der Waals surface area contributed by atoms with E-state index in [1.165, 1.54) is 0 Å². The lowest BCUT2D eigenvalue weighted by Gasteiger charge is -2.22. The summed E-state index contributed by atoms with van der Waals surface area (Å²) in [6.07, 6.45) is 8.96. The first-order valence-corrected chi connectivity index (χ1v) is 7.05. The van der Waals surface area contributed by atoms with Gasteiger partial charge in [-0.3, -0.25) is 0 Å². The molecule has 0 aromatic carbocycles. The Kier molecular flexibility index (Phi) is 5.68. The second kappa shape index (κ2) is 6.81. The molecule has 0 aliphatic heterocycles. The third kappa shape index (κ3) is 5.98. The van der Waals surface area contributed by atoms with E-state index in [0.29, 0.717) is 6.04 Å². The summed E-state index contributed by atoms with van der Waals surface area (Å²) in [5.74, 6) is 2.74. The van der Waals surface area contributed by atoms with Crippen molar-refractivity contribution < 1.29 is 9.53 Å². The van der Waals surface area contributed by atoms with Gasteiger partial charge >= 0.3 is 6.09 Å². The van der Waals surface area contributed by atoms with Crippen LogP contribution in [0.4, 0.5) is 4.79 Å². The largest absolute Gasteiger partial charge is 0.444 e. The van der Waals surface area contributed by atoms with Gasteiger partial charge in [-0.15, -0.1) is 6.42 Å². The molecule has 1 aliphatic rings. The van der Waals surface area contributed by atoms with Crippen molar-refractivity contribution in [3.05, 3.63) is 0 Å². The lowest BCUT2D eigenvalue weighted by Crippen LogP contribution is -2.40. The Balaban J connectivity index is 2.33. The Hall–Kier alpha value is -1.21. The molecule has 0 aromatic heterocycles. The van der Waals surface area contributed by atoms with Gasteiger partial charge < -0.3 is 15.4 Å². The molecule has 1 fully saturated rings. The zero-order valence-electron chi connectivity index (χ0n) is 12.5. The summed E-state index contributed by atoms with van der Waals surface area (Å²) in [4.78, 5) is 11.7. The van der Waals surface area contributed by atoms with Gasteiger partial charge in [-0.25, -0.2) is 4.79 Å². The molecule has 108 valence electrons. The number of hydrogen-bond acceptors (Lipinski definition) is 3. The van der Waals surface area contributed by atoms with E-state index in [4.69, 9.17) is 11.2 Å². The molecule has 4 heteroatoms. The average Bonchev–Trinajstić information content (AvgIpc) is 2.70. The molecule has 3 unspecified atom stereocenters. The van der Waals surface area contributed by atoms with Crippen LogP contribution in [0.15, 0.2) is 0 Å². The van der Waals surface area contributed by atoms with Crippen molar-refractivity contribution in [2.45, 2.75) is 77.1 Å². The van der Waals surface area contributed by atoms with Crippen molar-refractivity contribution in [2.24, 2.45) is 0 Å². The van der Waals surface area contributed by atoms with E-state index >= 15 is 0 Å². The number of alkyl carbamates (subject to hydrolysis) is 1. The number of ether oxygens (including phenoxy) is 1. The van der Waals surface area contributed by atoms with Crippen molar-refractivity contribution in [1.29, 1.82) is 0 Å². The van der Waals surface area contributed by atoms with E-state index in [0.717, 1.165) is 25.7 Å². The summed E-state index contributed by atoms with van der Waals surface area (Å²) in [5, 5.41) is 6.36. The highest BCUT2D eigenvalue weighted by molar-refractivity contribution is 5.68. The van der Waals surface area contributed by atoms with E-state index in [-0.39, 0.29) is 18.2 Å². The van der Waals surface area contributed by atoms with Gasteiger partial charge in [-0.2, -0.15) is 0 Å². The fourth-order valence-corrected chi connectivity index (χ4v) is 2.31. The highest BCUT2D eigenvalue weighted by Crippen LogP contribution is 2.20. The van der Waals surface area contributed by atoms with Crippen LogP contribution in [-0.4, -0.2) is 29.8 Å². The minimum absolute atomic E-state index is 0.130. The number of rotatable bonds is 4. The standard InChI is InChI=1S/C15H26N2O2/c1-6-11(7-2)16-12-8-9-13(10-12)17-14(18)19-15(3,4)5/h1,11-13,16H,7-10H2,2-5H3,(H,17,18). The zero-order chi connectivity index (χ0) is 14.5. The SMILES string of the molecule is C#CC(CC)NC1CCC(NC(=O)OC(C)(C)C)C1. The lowest BCUT2D eigenvalue weighted by atomic mass is 10.1. The molecular formula is C15H26N2O2. The van der Waals surface area contributed by atoms with E-state index in [2.05, 4.69) is 23.5 Å². The molecular weight excluding hydrogens is 240 g/mol. The number of amides is 1. The predicted molar refractivity (Wildman–Crippen MR) is 76.8 cm³/mol. The molecule has 2 N–H and O–H groups in total. The van der Waals surface area contributed by atoms with E-state index in [9.17, 15) is 4.79 Å². The topological polar surface area (TPSA) is 50.4 Å². The van der Waals surface area contributed by atoms with Gasteiger partial charge in [0, 0.05) is 12.1 Å². The number of nitrogens with one attached hydrogen (secondary N) is 2. The first-order chi connectivity index (χ1) is 8.84. The molecule has 0 radical (unpaired) electrons. The van der Waals surface area contributed by atoms with Crippen molar-refractivity contribution in [1.82, 2.24) is 10.6 Å². The van der Waals surface area contributed by atoms with Crippen LogP contribution in [0.1, 0.15) is 53.4 Å². The van der Waals surface area contributed by atoms with Crippen LogP contribution >= 0.6 is 0 Å². The molecule has 1 amide bonds. The highest BCUT2D eigenvalue weighted by atomic mass is 16.6. The maximum Gasteiger partial charge on any atom is 0.407 e. The fraction of sp³-hybridized carbons (Fsp3) is 0.800. The molecule has 0 bridgehead atoms. The first kappa shape index (κ1) is 15.8. The van der Waals surface area contributed by atoms with Gasteiger partial charge in [0.2, 0.25) is 0 Å². The van der Waals surface area contributed by atoms with Crippen molar-refractivity contribution in [2.75, 3.05) is 0 Å². The molecule has 1 aliphatic carbocycles. The van der Waals surface area contributed by atoms with Crippen LogP contribution in [0.2, 0.25) is 0 Å². The molecule has 1 rings (SSSR count). The van der Waals surface area contributed by atoms with Crippen LogP contribution in [0, 0.1) is 12.3 Å². The first-order valence-electron chi connectivity index (χ1n) is 7.05. The van der Waals surface area contributed by atoms with Gasteiger partial charge in [0.25, 0.3) is 0 Å².